The molecule has 3 rings (SSSR count). The second-order valence-electron chi connectivity index (χ2n) is 14.7. The molecule has 3 amide bonds. The topological polar surface area (TPSA) is 178 Å². The first-order chi connectivity index (χ1) is 25.1. The third-order valence-electron chi connectivity index (χ3n) is 9.83. The van der Waals surface area contributed by atoms with Gasteiger partial charge in [0.2, 0.25) is 18.6 Å². The molecule has 0 unspecified atom stereocenters. The van der Waals surface area contributed by atoms with Crippen LogP contribution in [0.4, 0.5) is 4.79 Å². The van der Waals surface area contributed by atoms with Gasteiger partial charge in [-0.15, -0.1) is 0 Å². The maximum Gasteiger partial charge on any atom is 0.414 e. The standard InChI is InChI=1S/C39H58N4O10/c1-10-34(49-9)53-33-17-26(13-14-31(33)48-8)16-28(24(2)3)18-30-32(19-29(25(4)5)35(44)42-21-39(6,7)37(40)46)50-22-43(30)38(47)52-23-51-36(45)27-12-11-15-41-20-27/h11-15,17,20,24-25,28-30,32,34H,10,16,18-19,21-23H2,1-9H3,(H2,40,46)(H,42,44)/t28-,29-,30-,32-,34-/m0/s1. The van der Waals surface area contributed by atoms with E-state index in [1.165, 1.54) is 17.3 Å². The van der Waals surface area contributed by atoms with E-state index in [-0.39, 0.29) is 42.5 Å². The van der Waals surface area contributed by atoms with Crippen molar-refractivity contribution >= 4 is 23.9 Å². The van der Waals surface area contributed by atoms with Crippen LogP contribution in [0.15, 0.2) is 42.7 Å². The molecule has 0 radical (unpaired) electrons. The van der Waals surface area contributed by atoms with Crippen molar-refractivity contribution in [3.05, 3.63) is 53.9 Å². The first-order valence-electron chi connectivity index (χ1n) is 18.2. The first kappa shape index (κ1) is 43.0. The number of carbonyl (C=O) groups excluding carboxylic acids is 4. The number of primary amides is 1. The number of nitrogens with two attached hydrogens (primary N) is 1. The molecule has 53 heavy (non-hydrogen) atoms. The van der Waals surface area contributed by atoms with E-state index in [2.05, 4.69) is 24.1 Å². The number of hydrogen-bond acceptors (Lipinski definition) is 11. The quantitative estimate of drug-likeness (QED) is 0.133. The number of aromatic nitrogens is 1. The van der Waals surface area contributed by atoms with Gasteiger partial charge in [-0.1, -0.05) is 40.7 Å². The number of esters is 1. The van der Waals surface area contributed by atoms with Crippen LogP contribution in [0.1, 0.15) is 83.7 Å². The van der Waals surface area contributed by atoms with Crippen LogP contribution < -0.4 is 20.5 Å². The molecule has 1 aliphatic rings. The van der Waals surface area contributed by atoms with Crippen molar-refractivity contribution < 1.29 is 47.6 Å². The Hall–Kier alpha value is -4.43. The van der Waals surface area contributed by atoms with Crippen LogP contribution in [0.3, 0.4) is 0 Å². The summed E-state index contributed by atoms with van der Waals surface area (Å²) in [5.74, 6) is -0.605. The van der Waals surface area contributed by atoms with Gasteiger partial charge >= 0.3 is 12.1 Å². The first-order valence-corrected chi connectivity index (χ1v) is 18.2. The van der Waals surface area contributed by atoms with Gasteiger partial charge in [0.25, 0.3) is 0 Å². The molecule has 1 aromatic heterocycles. The van der Waals surface area contributed by atoms with Gasteiger partial charge in [0, 0.05) is 38.4 Å². The van der Waals surface area contributed by atoms with Gasteiger partial charge in [-0.05, 0) is 80.7 Å². The highest BCUT2D eigenvalue weighted by atomic mass is 16.7. The minimum absolute atomic E-state index is 0.0521. The fraction of sp³-hybridized carbons (Fsp3) is 0.615. The SMILES string of the molecule is CC[C@@H](OC)Oc1cc(C[C@@H](C[C@H]2[C@H](C[C@H](C(=O)NCC(C)(C)C(N)=O)C(C)C)OCN2C(=O)OCOC(=O)c2cccnc2)C(C)C)ccc1OC. The Morgan fingerprint density at radius 2 is 1.77 bits per heavy atom. The predicted octanol–water partition coefficient (Wildman–Crippen LogP) is 5.32. The number of pyridine rings is 1. The summed E-state index contributed by atoms with van der Waals surface area (Å²) < 4.78 is 34.0. The molecule has 3 N–H and O–H groups in total. The van der Waals surface area contributed by atoms with Crippen molar-refractivity contribution in [2.24, 2.45) is 34.8 Å². The Bertz CT molecular complexity index is 1500. The lowest BCUT2D eigenvalue weighted by Crippen LogP contribution is -2.47. The van der Waals surface area contributed by atoms with E-state index < -0.39 is 54.5 Å². The van der Waals surface area contributed by atoms with E-state index >= 15 is 0 Å². The molecule has 14 heteroatoms. The fourth-order valence-corrected chi connectivity index (χ4v) is 6.10. The van der Waals surface area contributed by atoms with E-state index in [1.807, 2.05) is 39.0 Å². The molecule has 1 aromatic carbocycles. The summed E-state index contributed by atoms with van der Waals surface area (Å²) in [4.78, 5) is 56.9. The molecule has 294 valence electrons. The summed E-state index contributed by atoms with van der Waals surface area (Å²) in [6, 6.07) is 8.48. The molecule has 1 saturated heterocycles. The average Bonchev–Trinajstić information content (AvgIpc) is 3.53. The van der Waals surface area contributed by atoms with Crippen molar-refractivity contribution in [2.45, 2.75) is 92.6 Å². The lowest BCUT2D eigenvalue weighted by atomic mass is 9.80. The van der Waals surface area contributed by atoms with Crippen molar-refractivity contribution in [3.63, 3.8) is 0 Å². The number of carbonyl (C=O) groups is 4. The van der Waals surface area contributed by atoms with Gasteiger partial charge in [-0.3, -0.25) is 19.5 Å². The van der Waals surface area contributed by atoms with Crippen LogP contribution in [0.2, 0.25) is 0 Å². The normalized spacial score (nSPS) is 17.6. The highest BCUT2D eigenvalue weighted by Gasteiger charge is 2.43. The van der Waals surface area contributed by atoms with E-state index in [1.54, 1.807) is 40.2 Å². The number of ether oxygens (including phenoxy) is 6. The Kier molecular flexibility index (Phi) is 16.3. The molecule has 14 nitrogen and oxygen atoms in total. The van der Waals surface area contributed by atoms with Crippen molar-refractivity contribution in [1.82, 2.24) is 15.2 Å². The lowest BCUT2D eigenvalue weighted by molar-refractivity contribution is -0.130. The zero-order chi connectivity index (χ0) is 39.3. The molecule has 1 fully saturated rings. The molecule has 2 aromatic rings. The molecular weight excluding hydrogens is 684 g/mol. The number of nitrogens with zero attached hydrogens (tertiary/aromatic N) is 2. The highest BCUT2D eigenvalue weighted by Crippen LogP contribution is 2.36. The van der Waals surface area contributed by atoms with E-state index in [0.29, 0.717) is 37.2 Å². The smallest absolute Gasteiger partial charge is 0.414 e. The third-order valence-corrected chi connectivity index (χ3v) is 9.83. The van der Waals surface area contributed by atoms with Gasteiger partial charge in [-0.2, -0.15) is 0 Å². The maximum absolute atomic E-state index is 13.6. The van der Waals surface area contributed by atoms with Crippen LogP contribution in [0.5, 0.6) is 11.5 Å². The maximum atomic E-state index is 13.6. The molecule has 0 aliphatic carbocycles. The van der Waals surface area contributed by atoms with Crippen LogP contribution >= 0.6 is 0 Å². The van der Waals surface area contributed by atoms with Gasteiger partial charge < -0.3 is 39.5 Å². The Morgan fingerprint density at radius 1 is 1.04 bits per heavy atom. The molecule has 0 saturated carbocycles. The van der Waals surface area contributed by atoms with Gasteiger partial charge in [0.15, 0.2) is 17.8 Å². The number of amides is 3. The highest BCUT2D eigenvalue weighted by molar-refractivity contribution is 5.89. The van der Waals surface area contributed by atoms with Gasteiger partial charge in [0.05, 0.1) is 30.2 Å². The summed E-state index contributed by atoms with van der Waals surface area (Å²) in [5, 5.41) is 2.90. The number of methoxy groups -OCH3 is 2. The fourth-order valence-electron chi connectivity index (χ4n) is 6.10. The number of hydrogen-bond donors (Lipinski definition) is 2. The van der Waals surface area contributed by atoms with Crippen molar-refractivity contribution in [1.29, 1.82) is 0 Å². The van der Waals surface area contributed by atoms with Crippen molar-refractivity contribution in [3.8, 4) is 11.5 Å². The second-order valence-corrected chi connectivity index (χ2v) is 14.7. The summed E-state index contributed by atoms with van der Waals surface area (Å²) in [6.07, 6.45) is 3.35. The molecule has 2 heterocycles. The minimum atomic E-state index is -0.928. The zero-order valence-corrected chi connectivity index (χ0v) is 32.6. The van der Waals surface area contributed by atoms with Crippen LogP contribution in [-0.2, 0) is 35.0 Å². The van der Waals surface area contributed by atoms with E-state index in [9.17, 15) is 19.2 Å². The molecular formula is C39H58N4O10. The van der Waals surface area contributed by atoms with Crippen LogP contribution in [0.25, 0.3) is 0 Å². The predicted molar refractivity (Wildman–Crippen MR) is 197 cm³/mol. The summed E-state index contributed by atoms with van der Waals surface area (Å²) in [6.45, 7) is 12.9. The zero-order valence-electron chi connectivity index (χ0n) is 32.6. The minimum Gasteiger partial charge on any atom is -0.493 e. The van der Waals surface area contributed by atoms with Crippen LogP contribution in [0, 0.1) is 29.1 Å². The Labute approximate surface area is 313 Å². The van der Waals surface area contributed by atoms with E-state index in [0.717, 1.165) is 5.56 Å². The molecule has 5 atom stereocenters. The molecule has 0 spiro atoms. The summed E-state index contributed by atoms with van der Waals surface area (Å²) in [5.41, 5.74) is 5.85. The number of rotatable bonds is 20. The van der Waals surface area contributed by atoms with Gasteiger partial charge in [0.1, 0.15) is 6.73 Å². The second kappa shape index (κ2) is 20.1. The Balaban J connectivity index is 1.86. The largest absolute Gasteiger partial charge is 0.493 e. The van der Waals surface area contributed by atoms with Gasteiger partial charge in [-0.25, -0.2) is 9.59 Å². The molecule has 1 aliphatic heterocycles. The van der Waals surface area contributed by atoms with Crippen LogP contribution in [-0.4, -0.2) is 86.5 Å². The average molecular weight is 743 g/mol. The summed E-state index contributed by atoms with van der Waals surface area (Å²) >= 11 is 0. The van der Waals surface area contributed by atoms with E-state index in [4.69, 9.17) is 34.2 Å². The molecule has 0 bridgehead atoms. The number of benzene rings is 1. The summed E-state index contributed by atoms with van der Waals surface area (Å²) in [7, 11) is 3.18. The Morgan fingerprint density at radius 3 is 2.36 bits per heavy atom. The van der Waals surface area contributed by atoms with Crippen molar-refractivity contribution in [2.75, 3.05) is 34.3 Å². The monoisotopic (exact) mass is 742 g/mol. The number of nitrogens with one attached hydrogen (secondary N) is 1. The lowest BCUT2D eigenvalue weighted by Gasteiger charge is -2.33. The third kappa shape index (κ3) is 12.3.